The molecule has 1 fully saturated rings. The fourth-order valence-electron chi connectivity index (χ4n) is 5.84. The monoisotopic (exact) mass is 588 g/mol. The van der Waals surface area contributed by atoms with Gasteiger partial charge in [0.15, 0.2) is 0 Å². The van der Waals surface area contributed by atoms with Crippen molar-refractivity contribution in [3.8, 4) is 16.2 Å². The van der Waals surface area contributed by atoms with Crippen LogP contribution in [0.15, 0.2) is 55.0 Å². The molecule has 10 heteroatoms. The summed E-state index contributed by atoms with van der Waals surface area (Å²) >= 11 is 8.27. The van der Waals surface area contributed by atoms with Gasteiger partial charge in [-0.15, -0.1) is 11.3 Å². The zero-order valence-electron chi connectivity index (χ0n) is 22.5. The van der Waals surface area contributed by atoms with Gasteiger partial charge in [-0.05, 0) is 92.6 Å². The van der Waals surface area contributed by atoms with E-state index in [0.29, 0.717) is 10.8 Å². The summed E-state index contributed by atoms with van der Waals surface area (Å²) in [4.78, 5) is 11.4. The number of anilines is 2. The Hall–Kier alpha value is -3.53. The maximum absolute atomic E-state index is 13.5. The highest BCUT2D eigenvalue weighted by Crippen LogP contribution is 2.45. The van der Waals surface area contributed by atoms with Gasteiger partial charge in [0, 0.05) is 28.9 Å². The summed E-state index contributed by atoms with van der Waals surface area (Å²) in [5.41, 5.74) is 5.23. The van der Waals surface area contributed by atoms with E-state index in [1.165, 1.54) is 53.1 Å². The van der Waals surface area contributed by atoms with E-state index in [-0.39, 0.29) is 12.4 Å². The van der Waals surface area contributed by atoms with Crippen LogP contribution in [0.5, 0.6) is 5.75 Å². The summed E-state index contributed by atoms with van der Waals surface area (Å²) in [5.74, 6) is 1.79. The fraction of sp³-hybridized carbons (Fsp3) is 0.323. The van der Waals surface area contributed by atoms with Crippen LogP contribution in [0.4, 0.5) is 15.9 Å². The van der Waals surface area contributed by atoms with Crippen molar-refractivity contribution in [2.24, 2.45) is 5.92 Å². The Kier molecular flexibility index (Phi) is 7.33. The molecular formula is C31H30ClFN6OS. The molecule has 1 aliphatic heterocycles. The Labute approximate surface area is 246 Å². The van der Waals surface area contributed by atoms with E-state index in [9.17, 15) is 4.39 Å². The number of aryl methyl sites for hydroxylation is 3. The molecule has 2 aliphatic rings. The predicted octanol–water partition coefficient (Wildman–Crippen LogP) is 7.16. The van der Waals surface area contributed by atoms with Crippen LogP contribution in [0.25, 0.3) is 20.7 Å². The molecule has 210 valence electrons. The molecule has 0 radical (unpaired) electrons. The molecule has 7 rings (SSSR count). The zero-order chi connectivity index (χ0) is 27.8. The number of rotatable bonds is 8. The minimum Gasteiger partial charge on any atom is -0.487 e. The van der Waals surface area contributed by atoms with Crippen molar-refractivity contribution < 1.29 is 9.13 Å². The van der Waals surface area contributed by atoms with Crippen LogP contribution in [-0.4, -0.2) is 32.8 Å². The number of halogens is 2. The van der Waals surface area contributed by atoms with Gasteiger partial charge in [0.2, 0.25) is 0 Å². The van der Waals surface area contributed by atoms with Crippen LogP contribution in [0.2, 0.25) is 5.02 Å². The number of fused-ring (bicyclic) bond motifs is 5. The highest BCUT2D eigenvalue weighted by atomic mass is 35.5. The van der Waals surface area contributed by atoms with Gasteiger partial charge in [0.1, 0.15) is 35.1 Å². The largest absolute Gasteiger partial charge is 0.487 e. The Morgan fingerprint density at radius 1 is 1.12 bits per heavy atom. The first-order valence-corrected chi connectivity index (χ1v) is 15.3. The van der Waals surface area contributed by atoms with Crippen LogP contribution >= 0.6 is 22.9 Å². The topological polar surface area (TPSA) is 76.9 Å². The first-order chi connectivity index (χ1) is 20.1. The maximum Gasteiger partial charge on any atom is 0.142 e. The number of piperidine rings is 1. The number of ether oxygens (including phenoxy) is 1. The van der Waals surface area contributed by atoms with Gasteiger partial charge < -0.3 is 15.4 Å². The highest BCUT2D eigenvalue weighted by molar-refractivity contribution is 7.22. The van der Waals surface area contributed by atoms with Crippen LogP contribution in [0.3, 0.4) is 0 Å². The van der Waals surface area contributed by atoms with E-state index in [4.69, 9.17) is 21.4 Å². The molecule has 7 nitrogen and oxygen atoms in total. The molecule has 4 heterocycles. The average molecular weight is 589 g/mol. The molecule has 0 saturated carbocycles. The Morgan fingerprint density at radius 2 is 2.02 bits per heavy atom. The molecule has 0 spiro atoms. The van der Waals surface area contributed by atoms with E-state index in [1.54, 1.807) is 23.7 Å². The van der Waals surface area contributed by atoms with Gasteiger partial charge in [0.05, 0.1) is 16.1 Å². The summed E-state index contributed by atoms with van der Waals surface area (Å²) in [5, 5.41) is 13.4. The Bertz CT molecular complexity index is 1710. The lowest BCUT2D eigenvalue weighted by Crippen LogP contribution is -2.28. The van der Waals surface area contributed by atoms with E-state index in [0.717, 1.165) is 65.7 Å². The van der Waals surface area contributed by atoms with Crippen LogP contribution in [0, 0.1) is 11.7 Å². The number of hydrogen-bond donors (Lipinski definition) is 2. The Balaban J connectivity index is 1.10. The number of hydrogen-bond acceptors (Lipinski definition) is 7. The number of benzene rings is 2. The second-order valence-corrected chi connectivity index (χ2v) is 12.1. The minimum absolute atomic E-state index is 0.231. The third-order valence-corrected chi connectivity index (χ3v) is 9.45. The van der Waals surface area contributed by atoms with Gasteiger partial charge in [-0.25, -0.2) is 14.4 Å². The molecule has 0 bridgehead atoms. The zero-order valence-corrected chi connectivity index (χ0v) is 24.1. The van der Waals surface area contributed by atoms with Crippen molar-refractivity contribution >= 4 is 44.7 Å². The predicted molar refractivity (Wildman–Crippen MR) is 162 cm³/mol. The number of thiophene rings is 1. The molecule has 2 N–H and O–H groups in total. The summed E-state index contributed by atoms with van der Waals surface area (Å²) < 4.78 is 21.5. The van der Waals surface area contributed by atoms with Crippen LogP contribution < -0.4 is 15.4 Å². The number of nitrogens with zero attached hydrogens (tertiary/aromatic N) is 4. The smallest absolute Gasteiger partial charge is 0.142 e. The molecule has 1 aliphatic carbocycles. The van der Waals surface area contributed by atoms with Crippen molar-refractivity contribution in [2.45, 2.75) is 45.3 Å². The average Bonchev–Trinajstić information content (AvgIpc) is 3.58. The lowest BCUT2D eigenvalue weighted by atomic mass is 9.94. The molecule has 3 aromatic heterocycles. The molecule has 2 aromatic carbocycles. The van der Waals surface area contributed by atoms with Crippen molar-refractivity contribution in [2.75, 3.05) is 18.4 Å². The second kappa shape index (κ2) is 11.4. The molecule has 41 heavy (non-hydrogen) atoms. The van der Waals surface area contributed by atoms with Gasteiger partial charge in [-0.1, -0.05) is 23.7 Å². The molecule has 0 atom stereocenters. The quantitative estimate of drug-likeness (QED) is 0.200. The maximum atomic E-state index is 13.5. The van der Waals surface area contributed by atoms with Gasteiger partial charge in [-0.3, -0.25) is 4.68 Å². The molecular weight excluding hydrogens is 559 g/mol. The molecule has 0 unspecified atom stereocenters. The molecule has 0 amide bonds. The van der Waals surface area contributed by atoms with Crippen molar-refractivity contribution in [1.82, 2.24) is 25.1 Å². The summed E-state index contributed by atoms with van der Waals surface area (Å²) in [6.07, 6.45) is 9.34. The van der Waals surface area contributed by atoms with E-state index < -0.39 is 0 Å². The normalized spacial score (nSPS) is 15.1. The first kappa shape index (κ1) is 26.4. The van der Waals surface area contributed by atoms with E-state index in [2.05, 4.69) is 31.5 Å². The van der Waals surface area contributed by atoms with Gasteiger partial charge in [0.25, 0.3) is 0 Å². The highest BCUT2D eigenvalue weighted by Gasteiger charge is 2.26. The summed E-state index contributed by atoms with van der Waals surface area (Å²) in [6.45, 7) is 3.45. The molecule has 1 saturated heterocycles. The fourth-order valence-corrected chi connectivity index (χ4v) is 7.30. The molecule has 5 aromatic rings. The van der Waals surface area contributed by atoms with E-state index in [1.807, 2.05) is 24.3 Å². The third-order valence-electron chi connectivity index (χ3n) is 7.98. The van der Waals surface area contributed by atoms with Gasteiger partial charge in [-0.2, -0.15) is 5.10 Å². The number of nitrogens with one attached hydrogen (secondary N) is 2. The lowest BCUT2D eigenvalue weighted by molar-refractivity contribution is 0.306. The SMILES string of the molecule is Fc1cccc(COc2ccc(Nc3ncnc4sc5c(c34)CCc3nn(CCC4CCNCC4)cc3-5)cc2Cl)c1. The van der Waals surface area contributed by atoms with Crippen molar-refractivity contribution in [3.05, 3.63) is 82.6 Å². The second-order valence-electron chi connectivity index (χ2n) is 10.7. The van der Waals surface area contributed by atoms with Gasteiger partial charge >= 0.3 is 0 Å². The summed E-state index contributed by atoms with van der Waals surface area (Å²) in [6, 6.07) is 11.9. The van der Waals surface area contributed by atoms with E-state index >= 15 is 0 Å². The minimum atomic E-state index is -0.291. The summed E-state index contributed by atoms with van der Waals surface area (Å²) in [7, 11) is 0. The van der Waals surface area contributed by atoms with Crippen LogP contribution in [0.1, 0.15) is 36.1 Å². The first-order valence-electron chi connectivity index (χ1n) is 14.1. The third kappa shape index (κ3) is 5.54. The van der Waals surface area contributed by atoms with Crippen LogP contribution in [-0.2, 0) is 26.0 Å². The lowest BCUT2D eigenvalue weighted by Gasteiger charge is -2.22. The number of aromatic nitrogens is 4. The van der Waals surface area contributed by atoms with Crippen molar-refractivity contribution in [1.29, 1.82) is 0 Å². The standard InChI is InChI=1S/C31H30ClFN6OS/c32-25-15-22(4-7-27(25)40-17-20-2-1-3-21(33)14-20)37-30-28-23-5-6-26-24(29(23)41-31(28)36-18-35-30)16-39(38-26)13-10-19-8-11-34-12-9-19/h1-4,7,14-16,18-19,34H,5-6,8-13,17H2,(H,35,36,37). The van der Waals surface area contributed by atoms with Crippen molar-refractivity contribution in [3.63, 3.8) is 0 Å². The Morgan fingerprint density at radius 3 is 2.88 bits per heavy atom.